The minimum atomic E-state index is -6.19. The topological polar surface area (TPSA) is 60.2 Å². The molecule has 23 heavy (non-hydrogen) atoms. The van der Waals surface area contributed by atoms with Crippen molar-refractivity contribution in [3.05, 3.63) is 23.8 Å². The highest BCUT2D eigenvalue weighted by Crippen LogP contribution is 2.55. The Morgan fingerprint density at radius 1 is 1.04 bits per heavy atom. The summed E-state index contributed by atoms with van der Waals surface area (Å²) in [6, 6.07) is 0.144. The third kappa shape index (κ3) is 3.25. The normalized spacial score (nSPS) is 16.4. The summed E-state index contributed by atoms with van der Waals surface area (Å²) in [6.45, 7) is 0. The van der Waals surface area contributed by atoms with Crippen molar-refractivity contribution in [1.29, 1.82) is 0 Å². The molecule has 1 unspecified atom stereocenters. The molecule has 0 aliphatic carbocycles. The van der Waals surface area contributed by atoms with Gasteiger partial charge in [0.05, 0.1) is 10.6 Å². The largest absolute Gasteiger partial charge is 0.433 e. The molecule has 0 heterocycles. The van der Waals surface area contributed by atoms with E-state index in [0.717, 1.165) is 0 Å². The zero-order chi connectivity index (χ0) is 18.4. The second kappa shape index (κ2) is 5.76. The third-order valence-electron chi connectivity index (χ3n) is 2.73. The lowest BCUT2D eigenvalue weighted by Crippen LogP contribution is -2.49. The van der Waals surface area contributed by atoms with Gasteiger partial charge in [-0.3, -0.25) is 0 Å². The monoisotopic (exact) mass is 435 g/mol. The molecule has 2 N–H and O–H groups in total. The molecule has 3 nitrogen and oxygen atoms in total. The van der Waals surface area contributed by atoms with Gasteiger partial charge in [0.15, 0.2) is 0 Å². The van der Waals surface area contributed by atoms with Gasteiger partial charge in [-0.15, -0.1) is 0 Å². The van der Waals surface area contributed by atoms with E-state index in [0.29, 0.717) is 6.07 Å². The second-order valence-corrected chi connectivity index (χ2v) is 7.09. The molecule has 13 heteroatoms. The van der Waals surface area contributed by atoms with Crippen molar-refractivity contribution in [2.24, 2.45) is 0 Å². The highest BCUT2D eigenvalue weighted by Gasteiger charge is 2.71. The molecule has 0 aliphatic heterocycles. The first-order valence-corrected chi connectivity index (χ1v) is 7.65. The van der Waals surface area contributed by atoms with Crippen LogP contribution in [0.2, 0.25) is 0 Å². The van der Waals surface area contributed by atoms with E-state index in [4.69, 9.17) is 5.73 Å². The SMILES string of the molecule is Nc1ccc(C(F)(C(F)(F)F)C(F)(F)Br)cc1S(=O)(=O)C(F)F. The van der Waals surface area contributed by atoms with E-state index in [-0.39, 0.29) is 12.1 Å². The molecule has 0 fully saturated rings. The Labute approximate surface area is 132 Å². The molecular formula is C10H6BrF8NO2S. The van der Waals surface area contributed by atoms with Crippen molar-refractivity contribution >= 4 is 31.5 Å². The molecule has 0 radical (unpaired) electrons. The maximum Gasteiger partial charge on any atom is 0.433 e. The van der Waals surface area contributed by atoms with Crippen LogP contribution in [0, 0.1) is 0 Å². The molecule has 1 aromatic rings. The minimum Gasteiger partial charge on any atom is -0.398 e. The molecule has 0 bridgehead atoms. The van der Waals surface area contributed by atoms with Crippen LogP contribution >= 0.6 is 15.9 Å². The first-order chi connectivity index (χ1) is 10.1. The Bertz CT molecular complexity index is 684. The maximum absolute atomic E-state index is 14.1. The van der Waals surface area contributed by atoms with E-state index in [1.165, 1.54) is 15.9 Å². The van der Waals surface area contributed by atoms with Crippen LogP contribution in [0.5, 0.6) is 0 Å². The summed E-state index contributed by atoms with van der Waals surface area (Å²) in [6.07, 6.45) is -6.19. The molecule has 0 amide bonds. The van der Waals surface area contributed by atoms with E-state index in [1.54, 1.807) is 0 Å². The van der Waals surface area contributed by atoms with E-state index < -0.39 is 48.4 Å². The summed E-state index contributed by atoms with van der Waals surface area (Å²) in [7, 11) is -5.53. The summed E-state index contributed by atoms with van der Waals surface area (Å²) < 4.78 is 126. The van der Waals surface area contributed by atoms with Crippen molar-refractivity contribution in [3.63, 3.8) is 0 Å². The van der Waals surface area contributed by atoms with Crippen LogP contribution in [0.1, 0.15) is 5.56 Å². The van der Waals surface area contributed by atoms with Gasteiger partial charge in [-0.25, -0.2) is 12.8 Å². The standard InChI is InChI=1S/C10H6BrF8NO2S/c11-9(15,16)8(14,10(17,18)19)4-1-2-5(20)6(3-4)23(21,22)7(12)13/h1-3,7H,20H2. The molecule has 0 aromatic heterocycles. The van der Waals surface area contributed by atoms with Crippen molar-refractivity contribution in [2.75, 3.05) is 5.73 Å². The number of hydrogen-bond acceptors (Lipinski definition) is 3. The molecule has 1 atom stereocenters. The van der Waals surface area contributed by atoms with Gasteiger partial charge in [0, 0.05) is 5.56 Å². The summed E-state index contributed by atoms with van der Waals surface area (Å²) in [5.41, 5.74) is -3.17. The van der Waals surface area contributed by atoms with Gasteiger partial charge in [0.2, 0.25) is 9.84 Å². The van der Waals surface area contributed by atoms with Crippen LogP contribution in [-0.2, 0) is 15.5 Å². The molecule has 1 aromatic carbocycles. The molecule has 0 saturated carbocycles. The highest BCUT2D eigenvalue weighted by atomic mass is 79.9. The summed E-state index contributed by atoms with van der Waals surface area (Å²) in [5, 5.41) is 0. The average molecular weight is 436 g/mol. The first kappa shape index (κ1) is 19.9. The average Bonchev–Trinajstić information content (AvgIpc) is 2.35. The number of nitrogen functional groups attached to an aromatic ring is 1. The van der Waals surface area contributed by atoms with E-state index in [9.17, 15) is 43.5 Å². The molecule has 1 rings (SSSR count). The van der Waals surface area contributed by atoms with Crippen molar-refractivity contribution in [3.8, 4) is 0 Å². The van der Waals surface area contributed by atoms with Crippen LogP contribution in [0.15, 0.2) is 23.1 Å². The second-order valence-electron chi connectivity index (χ2n) is 4.21. The molecule has 132 valence electrons. The number of hydrogen-bond donors (Lipinski definition) is 1. The zero-order valence-corrected chi connectivity index (χ0v) is 12.9. The first-order valence-electron chi connectivity index (χ1n) is 5.31. The Morgan fingerprint density at radius 2 is 1.52 bits per heavy atom. The Morgan fingerprint density at radius 3 is 1.87 bits per heavy atom. The van der Waals surface area contributed by atoms with Gasteiger partial charge < -0.3 is 5.73 Å². The number of benzene rings is 1. The van der Waals surface area contributed by atoms with Crippen LogP contribution in [0.4, 0.5) is 40.8 Å². The summed E-state index contributed by atoms with van der Waals surface area (Å²) >= 11 is 1.24. The summed E-state index contributed by atoms with van der Waals surface area (Å²) in [5.74, 6) is -4.09. The summed E-state index contributed by atoms with van der Waals surface area (Å²) in [4.78, 5) is -6.80. The van der Waals surface area contributed by atoms with E-state index in [2.05, 4.69) is 0 Å². The van der Waals surface area contributed by atoms with Crippen molar-refractivity contribution in [2.45, 2.75) is 27.3 Å². The van der Waals surface area contributed by atoms with Gasteiger partial charge in [-0.2, -0.15) is 30.7 Å². The van der Waals surface area contributed by atoms with Crippen molar-refractivity contribution in [1.82, 2.24) is 0 Å². The fraction of sp³-hybridized carbons (Fsp3) is 0.400. The highest BCUT2D eigenvalue weighted by molar-refractivity contribution is 9.10. The van der Waals surface area contributed by atoms with Gasteiger partial charge >= 0.3 is 22.4 Å². The lowest BCUT2D eigenvalue weighted by Gasteiger charge is -2.32. The number of rotatable bonds is 4. The molecule has 0 saturated heterocycles. The lowest BCUT2D eigenvalue weighted by atomic mass is 9.95. The molecule has 0 aliphatic rings. The zero-order valence-electron chi connectivity index (χ0n) is 10.5. The minimum absolute atomic E-state index is 0.127. The van der Waals surface area contributed by atoms with Crippen molar-refractivity contribution < 1.29 is 43.5 Å². The Kier molecular flexibility index (Phi) is 4.99. The Balaban J connectivity index is 3.75. The molecule has 0 spiro atoms. The van der Waals surface area contributed by atoms with Gasteiger partial charge in [-0.1, -0.05) is 6.07 Å². The number of nitrogens with two attached hydrogens (primary N) is 1. The predicted octanol–water partition coefficient (Wildman–Crippen LogP) is 3.98. The smallest absolute Gasteiger partial charge is 0.398 e. The number of anilines is 1. The maximum atomic E-state index is 14.1. The van der Waals surface area contributed by atoms with Gasteiger partial charge in [-0.05, 0) is 28.1 Å². The van der Waals surface area contributed by atoms with Crippen LogP contribution in [0.25, 0.3) is 0 Å². The fourth-order valence-electron chi connectivity index (χ4n) is 1.58. The lowest BCUT2D eigenvalue weighted by molar-refractivity contribution is -0.282. The number of sulfone groups is 1. The number of halogens is 9. The predicted molar refractivity (Wildman–Crippen MR) is 66.8 cm³/mol. The number of alkyl halides is 9. The van der Waals surface area contributed by atoms with Crippen LogP contribution in [0.3, 0.4) is 0 Å². The fourth-order valence-corrected chi connectivity index (χ4v) is 2.91. The van der Waals surface area contributed by atoms with Crippen LogP contribution < -0.4 is 5.73 Å². The van der Waals surface area contributed by atoms with Gasteiger partial charge in [0.1, 0.15) is 0 Å². The quantitative estimate of drug-likeness (QED) is 0.442. The van der Waals surface area contributed by atoms with E-state index >= 15 is 0 Å². The molecular weight excluding hydrogens is 430 g/mol. The Hall–Kier alpha value is -1.11. The third-order valence-corrected chi connectivity index (χ3v) is 4.72. The van der Waals surface area contributed by atoms with E-state index in [1.807, 2.05) is 0 Å². The van der Waals surface area contributed by atoms with Gasteiger partial charge in [0.25, 0.3) is 0 Å². The van der Waals surface area contributed by atoms with Crippen LogP contribution in [-0.4, -0.2) is 25.2 Å².